The fraction of sp³-hybridized carbons (Fsp3) is 0.143. The van der Waals surface area contributed by atoms with Crippen LogP contribution in [0.15, 0.2) is 36.7 Å². The van der Waals surface area contributed by atoms with E-state index in [9.17, 15) is 14.9 Å². The van der Waals surface area contributed by atoms with Gasteiger partial charge in [0.2, 0.25) is 0 Å². The van der Waals surface area contributed by atoms with Crippen LogP contribution >= 0.6 is 11.6 Å². The molecule has 0 atom stereocenters. The molecule has 2 rings (SSSR count). The number of carbonyl (C=O) groups excluding carboxylic acids is 1. The van der Waals surface area contributed by atoms with E-state index in [0.29, 0.717) is 0 Å². The molecular formula is C14H12ClN3O3. The van der Waals surface area contributed by atoms with E-state index in [4.69, 9.17) is 11.6 Å². The van der Waals surface area contributed by atoms with Crippen LogP contribution in [0.3, 0.4) is 0 Å². The first kappa shape index (κ1) is 14.9. The number of hydrogen-bond donors (Lipinski definition) is 1. The largest absolute Gasteiger partial charge is 0.348 e. The molecule has 0 radical (unpaired) electrons. The zero-order valence-corrected chi connectivity index (χ0v) is 11.9. The van der Waals surface area contributed by atoms with Crippen molar-refractivity contribution >= 4 is 23.2 Å². The van der Waals surface area contributed by atoms with Crippen LogP contribution in [0, 0.1) is 17.0 Å². The zero-order valence-electron chi connectivity index (χ0n) is 11.2. The second-order valence-electron chi connectivity index (χ2n) is 4.40. The highest BCUT2D eigenvalue weighted by Crippen LogP contribution is 2.22. The molecule has 0 saturated carbocycles. The Bertz CT molecular complexity index is 704. The van der Waals surface area contributed by atoms with Gasteiger partial charge in [-0.15, -0.1) is 0 Å². The van der Waals surface area contributed by atoms with Crippen molar-refractivity contribution < 1.29 is 9.72 Å². The molecule has 0 saturated heterocycles. The molecule has 0 spiro atoms. The van der Waals surface area contributed by atoms with Gasteiger partial charge in [-0.2, -0.15) is 0 Å². The Morgan fingerprint density at radius 1 is 1.43 bits per heavy atom. The fourth-order valence-corrected chi connectivity index (χ4v) is 1.97. The Morgan fingerprint density at radius 2 is 2.19 bits per heavy atom. The zero-order chi connectivity index (χ0) is 15.4. The van der Waals surface area contributed by atoms with Crippen LogP contribution in [0.2, 0.25) is 5.02 Å². The highest BCUT2D eigenvalue weighted by molar-refractivity contribution is 6.31. The summed E-state index contributed by atoms with van der Waals surface area (Å²) in [6, 6.07) is 5.70. The Kier molecular flexibility index (Phi) is 4.49. The monoisotopic (exact) mass is 305 g/mol. The van der Waals surface area contributed by atoms with E-state index in [2.05, 4.69) is 10.3 Å². The molecule has 1 aromatic heterocycles. The van der Waals surface area contributed by atoms with Crippen LogP contribution in [0.1, 0.15) is 21.5 Å². The number of amides is 1. The first-order valence-corrected chi connectivity index (χ1v) is 6.48. The molecule has 1 heterocycles. The van der Waals surface area contributed by atoms with Gasteiger partial charge in [-0.1, -0.05) is 11.6 Å². The van der Waals surface area contributed by atoms with E-state index in [-0.39, 0.29) is 22.8 Å². The summed E-state index contributed by atoms with van der Waals surface area (Å²) in [5.74, 6) is -0.549. The lowest BCUT2D eigenvalue weighted by molar-refractivity contribution is -0.385. The Balaban J connectivity index is 2.19. The lowest BCUT2D eigenvalue weighted by atomic mass is 10.1. The van der Waals surface area contributed by atoms with Crippen LogP contribution < -0.4 is 5.32 Å². The first-order chi connectivity index (χ1) is 9.99. The number of aromatic nitrogens is 1. The first-order valence-electron chi connectivity index (χ1n) is 6.10. The summed E-state index contributed by atoms with van der Waals surface area (Å²) in [6.07, 6.45) is 3.30. The fourth-order valence-electron chi connectivity index (χ4n) is 1.80. The number of aryl methyl sites for hydroxylation is 1. The van der Waals surface area contributed by atoms with E-state index < -0.39 is 10.8 Å². The molecule has 0 unspecified atom stereocenters. The van der Waals surface area contributed by atoms with Crippen LogP contribution in [0.4, 0.5) is 5.69 Å². The van der Waals surface area contributed by atoms with E-state index in [0.717, 1.165) is 11.1 Å². The predicted octanol–water partition coefficient (Wildman–Crippen LogP) is 2.88. The van der Waals surface area contributed by atoms with Gasteiger partial charge in [0.05, 0.1) is 4.92 Å². The third-order valence-corrected chi connectivity index (χ3v) is 3.22. The molecule has 1 N–H and O–H groups in total. The smallest absolute Gasteiger partial charge is 0.282 e. The molecule has 108 valence electrons. The van der Waals surface area contributed by atoms with Crippen molar-refractivity contribution in [3.8, 4) is 0 Å². The normalized spacial score (nSPS) is 10.2. The van der Waals surface area contributed by atoms with Gasteiger partial charge < -0.3 is 5.32 Å². The van der Waals surface area contributed by atoms with Crippen LogP contribution in [-0.4, -0.2) is 15.8 Å². The van der Waals surface area contributed by atoms with Crippen molar-refractivity contribution in [2.45, 2.75) is 13.5 Å². The molecule has 0 aliphatic carbocycles. The van der Waals surface area contributed by atoms with Gasteiger partial charge in [0.15, 0.2) is 0 Å². The summed E-state index contributed by atoms with van der Waals surface area (Å²) >= 11 is 5.80. The molecule has 2 aromatic rings. The quantitative estimate of drug-likeness (QED) is 0.695. The highest BCUT2D eigenvalue weighted by Gasteiger charge is 2.20. The summed E-state index contributed by atoms with van der Waals surface area (Å²) in [5.41, 5.74) is 1.48. The summed E-state index contributed by atoms with van der Waals surface area (Å²) < 4.78 is 0. The second kappa shape index (κ2) is 6.32. The van der Waals surface area contributed by atoms with Crippen LogP contribution in [0.25, 0.3) is 0 Å². The summed E-state index contributed by atoms with van der Waals surface area (Å²) in [7, 11) is 0. The van der Waals surface area contributed by atoms with Gasteiger partial charge in [0.1, 0.15) is 5.56 Å². The SMILES string of the molecule is Cc1ccncc1CNC(=O)c1cc(Cl)ccc1[N+](=O)[O-]. The average molecular weight is 306 g/mol. The molecule has 0 aliphatic heterocycles. The van der Waals surface area contributed by atoms with Crippen molar-refractivity contribution in [2.24, 2.45) is 0 Å². The summed E-state index contributed by atoms with van der Waals surface area (Å²) in [4.78, 5) is 26.4. The van der Waals surface area contributed by atoms with E-state index in [1.54, 1.807) is 12.4 Å². The number of benzene rings is 1. The third kappa shape index (κ3) is 3.55. The van der Waals surface area contributed by atoms with Gasteiger partial charge in [-0.05, 0) is 36.2 Å². The Hall–Kier alpha value is -2.47. The molecule has 21 heavy (non-hydrogen) atoms. The Labute approximate surface area is 125 Å². The number of nitrogens with zero attached hydrogens (tertiary/aromatic N) is 2. The van der Waals surface area contributed by atoms with Crippen molar-refractivity contribution in [1.82, 2.24) is 10.3 Å². The molecule has 0 fully saturated rings. The second-order valence-corrected chi connectivity index (χ2v) is 4.84. The van der Waals surface area contributed by atoms with Crippen molar-refractivity contribution in [2.75, 3.05) is 0 Å². The highest BCUT2D eigenvalue weighted by atomic mass is 35.5. The lowest BCUT2D eigenvalue weighted by Gasteiger charge is -2.08. The van der Waals surface area contributed by atoms with Crippen LogP contribution in [0.5, 0.6) is 0 Å². The Morgan fingerprint density at radius 3 is 2.86 bits per heavy atom. The minimum atomic E-state index is -0.611. The van der Waals surface area contributed by atoms with Crippen LogP contribution in [-0.2, 0) is 6.54 Å². The van der Waals surface area contributed by atoms with Crippen molar-refractivity contribution in [1.29, 1.82) is 0 Å². The van der Waals surface area contributed by atoms with Gasteiger partial charge in [-0.25, -0.2) is 0 Å². The van der Waals surface area contributed by atoms with Gasteiger partial charge in [0.25, 0.3) is 11.6 Å². The third-order valence-electron chi connectivity index (χ3n) is 2.99. The summed E-state index contributed by atoms with van der Waals surface area (Å²) in [5, 5.41) is 13.8. The predicted molar refractivity (Wildman–Crippen MR) is 78.3 cm³/mol. The maximum Gasteiger partial charge on any atom is 0.282 e. The van der Waals surface area contributed by atoms with Gasteiger partial charge in [-0.3, -0.25) is 19.9 Å². The van der Waals surface area contributed by atoms with E-state index >= 15 is 0 Å². The minimum Gasteiger partial charge on any atom is -0.348 e. The number of carbonyl (C=O) groups is 1. The number of hydrogen-bond acceptors (Lipinski definition) is 4. The molecular weight excluding hydrogens is 294 g/mol. The molecule has 6 nitrogen and oxygen atoms in total. The summed E-state index contributed by atoms with van der Waals surface area (Å²) in [6.45, 7) is 2.13. The average Bonchev–Trinajstić information content (AvgIpc) is 2.45. The number of nitro benzene ring substituents is 1. The number of nitro groups is 1. The minimum absolute atomic E-state index is 0.0611. The lowest BCUT2D eigenvalue weighted by Crippen LogP contribution is -2.24. The molecule has 1 aromatic carbocycles. The van der Waals surface area contributed by atoms with Gasteiger partial charge >= 0.3 is 0 Å². The topological polar surface area (TPSA) is 85.1 Å². The maximum absolute atomic E-state index is 12.1. The molecule has 7 heteroatoms. The number of pyridine rings is 1. The number of halogens is 1. The standard InChI is InChI=1S/C14H12ClN3O3/c1-9-4-5-16-7-10(9)8-17-14(19)12-6-11(15)2-3-13(12)18(20)21/h2-7H,8H2,1H3,(H,17,19). The van der Waals surface area contributed by atoms with Gasteiger partial charge in [0, 0.05) is 30.0 Å². The maximum atomic E-state index is 12.1. The molecule has 0 bridgehead atoms. The van der Waals surface area contributed by atoms with E-state index in [1.165, 1.54) is 18.2 Å². The number of nitrogens with one attached hydrogen (secondary N) is 1. The molecule has 1 amide bonds. The number of rotatable bonds is 4. The van der Waals surface area contributed by atoms with Crippen molar-refractivity contribution in [3.05, 3.63) is 68.5 Å². The van der Waals surface area contributed by atoms with E-state index in [1.807, 2.05) is 13.0 Å². The van der Waals surface area contributed by atoms with Crippen molar-refractivity contribution in [3.63, 3.8) is 0 Å². The molecule has 0 aliphatic rings.